The molecule has 0 aromatic carbocycles. The van der Waals surface area contributed by atoms with Crippen molar-refractivity contribution in [2.75, 3.05) is 26.3 Å². The second kappa shape index (κ2) is 7.95. The van der Waals surface area contributed by atoms with Gasteiger partial charge >= 0.3 is 0 Å². The molecule has 4 rings (SSSR count). The molecule has 1 aromatic rings. The molecule has 1 atom stereocenters. The minimum Gasteiger partial charge on any atom is -0.492 e. The number of piperidine rings is 1. The van der Waals surface area contributed by atoms with Gasteiger partial charge in [-0.25, -0.2) is 0 Å². The summed E-state index contributed by atoms with van der Waals surface area (Å²) in [6, 6.07) is 3.85. The number of carbonyl (C=O) groups is 1. The molecule has 1 amide bonds. The Balaban J connectivity index is 1.23. The average molecular weight is 358 g/mol. The van der Waals surface area contributed by atoms with Gasteiger partial charge in [0, 0.05) is 31.8 Å². The van der Waals surface area contributed by atoms with Crippen LogP contribution in [-0.4, -0.2) is 47.7 Å². The average Bonchev–Trinajstić information content (AvgIpc) is 2.62. The Labute approximate surface area is 156 Å². The van der Waals surface area contributed by atoms with Crippen molar-refractivity contribution in [1.82, 2.24) is 9.88 Å². The van der Waals surface area contributed by atoms with Gasteiger partial charge in [-0.2, -0.15) is 0 Å². The van der Waals surface area contributed by atoms with E-state index >= 15 is 0 Å². The first-order valence-electron chi connectivity index (χ1n) is 10.2. The molecule has 2 saturated heterocycles. The molecule has 2 aliphatic heterocycles. The molecular weight excluding hydrogens is 328 g/mol. The van der Waals surface area contributed by atoms with Crippen molar-refractivity contribution < 1.29 is 14.3 Å². The predicted octanol–water partition coefficient (Wildman–Crippen LogP) is 3.44. The molecule has 1 aliphatic carbocycles. The van der Waals surface area contributed by atoms with Crippen LogP contribution in [0.1, 0.15) is 51.4 Å². The zero-order valence-corrected chi connectivity index (χ0v) is 15.6. The molecule has 3 fully saturated rings. The van der Waals surface area contributed by atoms with Crippen LogP contribution >= 0.6 is 0 Å². The van der Waals surface area contributed by atoms with Crippen LogP contribution in [-0.2, 0) is 9.53 Å². The minimum absolute atomic E-state index is 0.00634. The van der Waals surface area contributed by atoms with Crippen LogP contribution in [0, 0.1) is 11.8 Å². The van der Waals surface area contributed by atoms with Crippen LogP contribution in [0.25, 0.3) is 0 Å². The van der Waals surface area contributed by atoms with E-state index < -0.39 is 0 Å². The van der Waals surface area contributed by atoms with Crippen molar-refractivity contribution in [3.8, 4) is 5.75 Å². The van der Waals surface area contributed by atoms with E-state index in [4.69, 9.17) is 9.47 Å². The summed E-state index contributed by atoms with van der Waals surface area (Å²) in [6.07, 6.45) is 12.2. The van der Waals surface area contributed by atoms with E-state index in [0.717, 1.165) is 77.0 Å². The van der Waals surface area contributed by atoms with Crippen molar-refractivity contribution in [2.45, 2.75) is 57.0 Å². The van der Waals surface area contributed by atoms with Gasteiger partial charge < -0.3 is 14.4 Å². The zero-order chi connectivity index (χ0) is 17.8. The molecule has 26 heavy (non-hydrogen) atoms. The van der Waals surface area contributed by atoms with Crippen LogP contribution in [0.5, 0.6) is 5.75 Å². The number of amides is 1. The molecule has 1 aromatic heterocycles. The Morgan fingerprint density at radius 2 is 2.15 bits per heavy atom. The summed E-state index contributed by atoms with van der Waals surface area (Å²) in [6.45, 7) is 3.31. The fourth-order valence-corrected chi connectivity index (χ4v) is 4.55. The molecule has 1 unspecified atom stereocenters. The summed E-state index contributed by atoms with van der Waals surface area (Å²) < 4.78 is 12.1. The Bertz CT molecular complexity index is 595. The normalized spacial score (nSPS) is 25.7. The molecule has 3 aliphatic rings. The number of rotatable bonds is 5. The van der Waals surface area contributed by atoms with E-state index in [0.29, 0.717) is 17.7 Å². The lowest BCUT2D eigenvalue weighted by Crippen LogP contribution is -2.52. The third-order valence-electron chi connectivity index (χ3n) is 6.47. The zero-order valence-electron chi connectivity index (χ0n) is 15.6. The van der Waals surface area contributed by atoms with Crippen LogP contribution in [0.2, 0.25) is 0 Å². The third-order valence-corrected chi connectivity index (χ3v) is 6.47. The van der Waals surface area contributed by atoms with Crippen LogP contribution in [0.15, 0.2) is 24.5 Å². The minimum atomic E-state index is -0.00634. The number of carbonyl (C=O) groups excluding carboxylic acids is 1. The second-order valence-electron chi connectivity index (χ2n) is 8.17. The predicted molar refractivity (Wildman–Crippen MR) is 98.9 cm³/mol. The fraction of sp³-hybridized carbons (Fsp3) is 0.714. The van der Waals surface area contributed by atoms with Crippen LogP contribution in [0.4, 0.5) is 0 Å². The van der Waals surface area contributed by atoms with Crippen molar-refractivity contribution in [1.29, 1.82) is 0 Å². The maximum absolute atomic E-state index is 12.5. The van der Waals surface area contributed by atoms with Gasteiger partial charge in [0.1, 0.15) is 5.75 Å². The molecule has 142 valence electrons. The summed E-state index contributed by atoms with van der Waals surface area (Å²) in [4.78, 5) is 18.6. The Kier molecular flexibility index (Phi) is 5.44. The molecule has 5 nitrogen and oxygen atoms in total. The number of likely N-dealkylation sites (tertiary alicyclic amines) is 1. The lowest BCUT2D eigenvalue weighted by atomic mass is 9.77. The van der Waals surface area contributed by atoms with Gasteiger partial charge in [-0.3, -0.25) is 9.78 Å². The van der Waals surface area contributed by atoms with Crippen LogP contribution in [0.3, 0.4) is 0 Å². The molecule has 1 saturated carbocycles. The molecule has 5 heteroatoms. The SMILES string of the molecule is O=C(C1CCC1)N1CCC2(CC1)CC(CCOc1cccnc1)CCO2. The van der Waals surface area contributed by atoms with Gasteiger partial charge in [-0.05, 0) is 63.0 Å². The van der Waals surface area contributed by atoms with Gasteiger partial charge in [0.05, 0.1) is 18.4 Å². The quantitative estimate of drug-likeness (QED) is 0.809. The lowest BCUT2D eigenvalue weighted by Gasteiger charge is -2.47. The second-order valence-corrected chi connectivity index (χ2v) is 8.17. The fourth-order valence-electron chi connectivity index (χ4n) is 4.55. The van der Waals surface area contributed by atoms with Gasteiger partial charge in [0.15, 0.2) is 0 Å². The number of ether oxygens (including phenoxy) is 2. The van der Waals surface area contributed by atoms with E-state index in [2.05, 4.69) is 9.88 Å². The highest BCUT2D eigenvalue weighted by atomic mass is 16.5. The number of nitrogens with zero attached hydrogens (tertiary/aromatic N) is 2. The largest absolute Gasteiger partial charge is 0.492 e. The first-order valence-corrected chi connectivity index (χ1v) is 10.2. The molecule has 3 heterocycles. The molecule has 0 radical (unpaired) electrons. The number of aromatic nitrogens is 1. The van der Waals surface area contributed by atoms with Crippen molar-refractivity contribution in [3.05, 3.63) is 24.5 Å². The third kappa shape index (κ3) is 4.03. The standard InChI is InChI=1S/C21H30N2O3/c24-20(18-3-1-4-18)23-11-8-21(9-12-23)15-17(7-14-26-21)6-13-25-19-5-2-10-22-16-19/h2,5,10,16-18H,1,3-4,6-9,11-15H2. The van der Waals surface area contributed by atoms with Crippen molar-refractivity contribution >= 4 is 5.91 Å². The first kappa shape index (κ1) is 17.8. The molecule has 0 N–H and O–H groups in total. The van der Waals surface area contributed by atoms with Crippen molar-refractivity contribution in [3.63, 3.8) is 0 Å². The summed E-state index contributed by atoms with van der Waals surface area (Å²) in [7, 11) is 0. The summed E-state index contributed by atoms with van der Waals surface area (Å²) in [5.41, 5.74) is -0.00634. The van der Waals surface area contributed by atoms with Gasteiger partial charge in [-0.1, -0.05) is 6.42 Å². The smallest absolute Gasteiger partial charge is 0.225 e. The highest BCUT2D eigenvalue weighted by Crippen LogP contribution is 2.39. The van der Waals surface area contributed by atoms with Gasteiger partial charge in [-0.15, -0.1) is 0 Å². The maximum atomic E-state index is 12.5. The molecule has 1 spiro atoms. The Morgan fingerprint density at radius 3 is 2.85 bits per heavy atom. The highest BCUT2D eigenvalue weighted by molar-refractivity contribution is 5.79. The van der Waals surface area contributed by atoms with Crippen molar-refractivity contribution in [2.24, 2.45) is 11.8 Å². The molecule has 0 bridgehead atoms. The van der Waals surface area contributed by atoms with E-state index in [1.54, 1.807) is 12.4 Å². The van der Waals surface area contributed by atoms with Gasteiger partial charge in [0.2, 0.25) is 5.91 Å². The topological polar surface area (TPSA) is 51.7 Å². The Morgan fingerprint density at radius 1 is 1.31 bits per heavy atom. The van der Waals surface area contributed by atoms with E-state index in [-0.39, 0.29) is 5.60 Å². The van der Waals surface area contributed by atoms with E-state index in [9.17, 15) is 4.79 Å². The maximum Gasteiger partial charge on any atom is 0.225 e. The molecular formula is C21H30N2O3. The summed E-state index contributed by atoms with van der Waals surface area (Å²) in [5.74, 6) is 2.20. The lowest BCUT2D eigenvalue weighted by molar-refractivity contribution is -0.152. The first-order chi connectivity index (χ1) is 12.7. The monoisotopic (exact) mass is 358 g/mol. The van der Waals surface area contributed by atoms with E-state index in [1.165, 1.54) is 6.42 Å². The number of hydrogen-bond acceptors (Lipinski definition) is 4. The summed E-state index contributed by atoms with van der Waals surface area (Å²) >= 11 is 0. The number of pyridine rings is 1. The Hall–Kier alpha value is -1.62. The van der Waals surface area contributed by atoms with E-state index in [1.807, 2.05) is 12.1 Å². The highest BCUT2D eigenvalue weighted by Gasteiger charge is 2.42. The van der Waals surface area contributed by atoms with Gasteiger partial charge in [0.25, 0.3) is 0 Å². The van der Waals surface area contributed by atoms with Crippen LogP contribution < -0.4 is 4.74 Å². The number of hydrogen-bond donors (Lipinski definition) is 0. The summed E-state index contributed by atoms with van der Waals surface area (Å²) in [5, 5.41) is 0.